The van der Waals surface area contributed by atoms with Crippen LogP contribution in [-0.4, -0.2) is 34.9 Å². The van der Waals surface area contributed by atoms with Crippen LogP contribution < -0.4 is 4.74 Å². The lowest BCUT2D eigenvalue weighted by Gasteiger charge is -2.13. The number of carboxylic acids is 2. The second kappa shape index (κ2) is 5.39. The second-order valence-corrected chi connectivity index (χ2v) is 3.12. The molecule has 98 valence electrons. The van der Waals surface area contributed by atoms with Gasteiger partial charge in [-0.2, -0.15) is 4.39 Å². The number of aromatic carboxylic acids is 2. The quantitative estimate of drug-likeness (QED) is 0.849. The summed E-state index contributed by atoms with van der Waals surface area (Å²) in [6.45, 7) is 0. The molecule has 1 aromatic rings. The highest BCUT2D eigenvalue weighted by Gasteiger charge is 2.24. The summed E-state index contributed by atoms with van der Waals surface area (Å²) in [5, 5.41) is 17.3. The third-order valence-electron chi connectivity index (χ3n) is 1.90. The molecule has 1 rings (SSSR count). The lowest BCUT2D eigenvalue weighted by atomic mass is 10.1. The molecular weight excluding hydrogens is 257 g/mol. The summed E-state index contributed by atoms with van der Waals surface area (Å²) in [7, 11) is 0. The van der Waals surface area contributed by atoms with Gasteiger partial charge >= 0.3 is 18.4 Å². The number of hydrogen-bond donors (Lipinski definition) is 2. The molecule has 0 aromatic heterocycles. The monoisotopic (exact) mass is 264 g/mol. The Bertz CT molecular complexity index is 475. The Morgan fingerprint density at radius 1 is 1.11 bits per heavy atom. The molecular formula is C10H7F3O5. The summed E-state index contributed by atoms with van der Waals surface area (Å²) < 4.78 is 40.7. The Morgan fingerprint density at radius 2 is 1.72 bits per heavy atom. The zero-order valence-corrected chi connectivity index (χ0v) is 8.64. The maximum atomic E-state index is 12.7. The molecule has 0 spiro atoms. The Morgan fingerprint density at radius 3 is 2.17 bits per heavy atom. The van der Waals surface area contributed by atoms with Crippen LogP contribution in [0.2, 0.25) is 0 Å². The smallest absolute Gasteiger partial charge is 0.339 e. The molecule has 0 fully saturated rings. The van der Waals surface area contributed by atoms with Crippen molar-refractivity contribution < 1.29 is 37.7 Å². The molecule has 1 atom stereocenters. The van der Waals surface area contributed by atoms with E-state index >= 15 is 0 Å². The first-order chi connectivity index (χ1) is 8.32. The zero-order chi connectivity index (χ0) is 13.9. The fraction of sp³-hybridized carbons (Fsp3) is 0.200. The number of benzene rings is 1. The van der Waals surface area contributed by atoms with Gasteiger partial charge in [-0.1, -0.05) is 0 Å². The van der Waals surface area contributed by atoms with Gasteiger partial charge in [-0.05, 0) is 18.2 Å². The molecule has 0 aliphatic carbocycles. The summed E-state index contributed by atoms with van der Waals surface area (Å²) in [6.07, 6.45) is -6.51. The van der Waals surface area contributed by atoms with Crippen LogP contribution in [0.3, 0.4) is 0 Å². The van der Waals surface area contributed by atoms with Gasteiger partial charge in [0.2, 0.25) is 0 Å². The molecule has 0 saturated carbocycles. The highest BCUT2D eigenvalue weighted by molar-refractivity contribution is 5.94. The molecule has 0 aliphatic rings. The van der Waals surface area contributed by atoms with Crippen molar-refractivity contribution in [1.82, 2.24) is 0 Å². The topological polar surface area (TPSA) is 83.8 Å². The maximum Gasteiger partial charge on any atom is 0.339 e. The van der Waals surface area contributed by atoms with Crippen molar-refractivity contribution in [2.75, 3.05) is 0 Å². The van der Waals surface area contributed by atoms with Crippen molar-refractivity contribution in [2.24, 2.45) is 0 Å². The zero-order valence-electron chi connectivity index (χ0n) is 8.64. The predicted octanol–water partition coefficient (Wildman–Crippen LogP) is 2.02. The molecule has 1 aromatic carbocycles. The number of carbonyl (C=O) groups is 2. The van der Waals surface area contributed by atoms with E-state index in [9.17, 15) is 22.8 Å². The van der Waals surface area contributed by atoms with E-state index < -0.39 is 41.6 Å². The number of rotatable bonds is 5. The molecule has 0 aliphatic heterocycles. The minimum absolute atomic E-state index is 0.406. The van der Waals surface area contributed by atoms with Crippen molar-refractivity contribution in [1.29, 1.82) is 0 Å². The number of alkyl halides is 3. The fourth-order valence-electron chi connectivity index (χ4n) is 1.10. The molecule has 1 unspecified atom stereocenters. The molecule has 0 heterocycles. The highest BCUT2D eigenvalue weighted by Crippen LogP contribution is 2.24. The van der Waals surface area contributed by atoms with Crippen LogP contribution >= 0.6 is 0 Å². The summed E-state index contributed by atoms with van der Waals surface area (Å²) in [5.41, 5.74) is -1.01. The molecule has 0 amide bonds. The van der Waals surface area contributed by atoms with Crippen LogP contribution in [0.1, 0.15) is 20.7 Å². The predicted molar refractivity (Wildman–Crippen MR) is 51.9 cm³/mol. The summed E-state index contributed by atoms with van der Waals surface area (Å²) in [5.74, 6) is -3.75. The Kier molecular flexibility index (Phi) is 4.13. The van der Waals surface area contributed by atoms with Gasteiger partial charge < -0.3 is 14.9 Å². The van der Waals surface area contributed by atoms with E-state index in [0.29, 0.717) is 6.07 Å². The Hall–Kier alpha value is -2.25. The normalized spacial score (nSPS) is 12.2. The standard InChI is InChI=1S/C10H7F3O5/c11-7(12)8(13)18-6-3-4(9(14)15)1-2-5(6)10(16)17/h1-3,7-8H,(H,14,15)(H,16,17). The van der Waals surface area contributed by atoms with Crippen LogP contribution in [0, 0.1) is 0 Å². The van der Waals surface area contributed by atoms with Gasteiger partial charge in [-0.15, -0.1) is 0 Å². The number of halogens is 3. The van der Waals surface area contributed by atoms with E-state index in [0.717, 1.165) is 12.1 Å². The van der Waals surface area contributed by atoms with Crippen molar-refractivity contribution >= 4 is 11.9 Å². The van der Waals surface area contributed by atoms with Gasteiger partial charge in [-0.25, -0.2) is 18.4 Å². The minimum atomic E-state index is -3.47. The van der Waals surface area contributed by atoms with E-state index in [1.165, 1.54) is 0 Å². The molecule has 8 heteroatoms. The van der Waals surface area contributed by atoms with E-state index in [1.54, 1.807) is 0 Å². The van der Waals surface area contributed by atoms with Gasteiger partial charge in [0.1, 0.15) is 11.3 Å². The molecule has 0 radical (unpaired) electrons. The minimum Gasteiger partial charge on any atom is -0.478 e. The van der Waals surface area contributed by atoms with Gasteiger partial charge in [0, 0.05) is 0 Å². The first-order valence-electron chi connectivity index (χ1n) is 4.52. The largest absolute Gasteiger partial charge is 0.478 e. The lowest BCUT2D eigenvalue weighted by Crippen LogP contribution is -2.21. The molecule has 0 saturated heterocycles. The van der Waals surface area contributed by atoms with Gasteiger partial charge in [0.05, 0.1) is 5.56 Å². The summed E-state index contributed by atoms with van der Waals surface area (Å²) >= 11 is 0. The third kappa shape index (κ3) is 3.12. The van der Waals surface area contributed by atoms with E-state index in [-0.39, 0.29) is 0 Å². The fourth-order valence-corrected chi connectivity index (χ4v) is 1.10. The SMILES string of the molecule is O=C(O)c1ccc(C(=O)O)c(OC(F)C(F)F)c1. The summed E-state index contributed by atoms with van der Waals surface area (Å²) in [6, 6.07) is 2.44. The van der Waals surface area contributed by atoms with Crippen molar-refractivity contribution in [2.45, 2.75) is 12.8 Å². The van der Waals surface area contributed by atoms with Crippen molar-refractivity contribution in [3.05, 3.63) is 29.3 Å². The third-order valence-corrected chi connectivity index (χ3v) is 1.90. The molecule has 18 heavy (non-hydrogen) atoms. The first kappa shape index (κ1) is 13.8. The van der Waals surface area contributed by atoms with E-state index in [1.807, 2.05) is 0 Å². The Labute approximate surface area is 98.4 Å². The lowest BCUT2D eigenvalue weighted by molar-refractivity contribution is -0.0672. The van der Waals surface area contributed by atoms with Crippen LogP contribution in [0.4, 0.5) is 13.2 Å². The molecule has 2 N–H and O–H groups in total. The highest BCUT2D eigenvalue weighted by atomic mass is 19.3. The Balaban J connectivity index is 3.15. The second-order valence-electron chi connectivity index (χ2n) is 3.12. The van der Waals surface area contributed by atoms with E-state index in [2.05, 4.69) is 4.74 Å². The van der Waals surface area contributed by atoms with Crippen LogP contribution in [0.5, 0.6) is 5.75 Å². The number of carboxylic acid groups (broad SMARTS) is 2. The van der Waals surface area contributed by atoms with Gasteiger partial charge in [0.15, 0.2) is 0 Å². The maximum absolute atomic E-state index is 12.7. The van der Waals surface area contributed by atoms with Crippen molar-refractivity contribution in [3.63, 3.8) is 0 Å². The average Bonchev–Trinajstić information content (AvgIpc) is 2.28. The van der Waals surface area contributed by atoms with E-state index in [4.69, 9.17) is 10.2 Å². The first-order valence-corrected chi connectivity index (χ1v) is 4.52. The van der Waals surface area contributed by atoms with Gasteiger partial charge in [0.25, 0.3) is 6.36 Å². The average molecular weight is 264 g/mol. The van der Waals surface area contributed by atoms with Crippen LogP contribution in [0.25, 0.3) is 0 Å². The molecule has 5 nitrogen and oxygen atoms in total. The van der Waals surface area contributed by atoms with Crippen molar-refractivity contribution in [3.8, 4) is 5.75 Å². The molecule has 0 bridgehead atoms. The number of hydrogen-bond acceptors (Lipinski definition) is 3. The summed E-state index contributed by atoms with van der Waals surface area (Å²) in [4.78, 5) is 21.3. The van der Waals surface area contributed by atoms with Crippen LogP contribution in [-0.2, 0) is 0 Å². The van der Waals surface area contributed by atoms with Gasteiger partial charge in [-0.3, -0.25) is 0 Å². The number of ether oxygens (including phenoxy) is 1. The van der Waals surface area contributed by atoms with Crippen LogP contribution in [0.15, 0.2) is 18.2 Å².